The molecule has 0 spiro atoms. The number of hydrogen-bond donors (Lipinski definition) is 1. The molecule has 1 unspecified atom stereocenters. The fourth-order valence-corrected chi connectivity index (χ4v) is 3.48. The molecule has 1 N–H and O–H groups in total. The number of nitrogens with one attached hydrogen (secondary N) is 1. The Morgan fingerprint density at radius 3 is 2.61 bits per heavy atom. The molecule has 2 rings (SSSR count). The van der Waals surface area contributed by atoms with Crippen molar-refractivity contribution in [2.45, 2.75) is 12.2 Å². The van der Waals surface area contributed by atoms with Crippen molar-refractivity contribution >= 4 is 33.9 Å². The van der Waals surface area contributed by atoms with Gasteiger partial charge in [-0.15, -0.1) is 0 Å². The number of carbonyl (C=O) groups is 2. The third-order valence-electron chi connectivity index (χ3n) is 3.30. The molecule has 0 radical (unpaired) electrons. The summed E-state index contributed by atoms with van der Waals surface area (Å²) in [4.78, 5) is 24.6. The molecule has 0 aliphatic carbocycles. The first-order chi connectivity index (χ1) is 10.8. The predicted octanol–water partition coefficient (Wildman–Crippen LogP) is 0.501. The van der Waals surface area contributed by atoms with Crippen molar-refractivity contribution in [2.75, 3.05) is 25.4 Å². The van der Waals surface area contributed by atoms with E-state index in [4.69, 9.17) is 4.74 Å². The van der Waals surface area contributed by atoms with Gasteiger partial charge in [0.25, 0.3) is 10.0 Å². The molecule has 23 heavy (non-hydrogen) atoms. The Kier molecular flexibility index (Phi) is 4.69. The van der Waals surface area contributed by atoms with Crippen LogP contribution < -0.4 is 9.46 Å². The Hall–Kier alpha value is -2.42. The normalized spacial score (nSPS) is 18.7. The van der Waals surface area contributed by atoms with Gasteiger partial charge in [0.1, 0.15) is 12.0 Å². The highest BCUT2D eigenvalue weighted by atomic mass is 32.2. The van der Waals surface area contributed by atoms with Crippen LogP contribution in [-0.2, 0) is 14.8 Å². The minimum absolute atomic E-state index is 0.234. The number of urea groups is 1. The molecule has 124 valence electrons. The zero-order chi connectivity index (χ0) is 17.2. The number of imide groups is 1. The standard InChI is InChI=1S/C14H18N3O5S/c1-4-22-11-8-6-5-7-10(11)15-23(20,21)12-9-16(2)14(19)17(3)13(12)18/h5-9,12,15H,4H2,1-3H3/q+1. The maximum atomic E-state index is 12.5. The summed E-state index contributed by atoms with van der Waals surface area (Å²) in [5.74, 6) is -0.450. The summed E-state index contributed by atoms with van der Waals surface area (Å²) in [6, 6.07) is 5.93. The van der Waals surface area contributed by atoms with Gasteiger partial charge < -0.3 is 4.74 Å². The summed E-state index contributed by atoms with van der Waals surface area (Å²) in [7, 11) is -1.45. The summed E-state index contributed by atoms with van der Waals surface area (Å²) in [6.07, 6.45) is 1.08. The Bertz CT molecular complexity index is 772. The van der Waals surface area contributed by atoms with Gasteiger partial charge in [0.2, 0.25) is 5.25 Å². The number of rotatable bonds is 5. The lowest BCUT2D eigenvalue weighted by atomic mass is 10.3. The van der Waals surface area contributed by atoms with E-state index in [1.54, 1.807) is 25.1 Å². The zero-order valence-electron chi connectivity index (χ0n) is 13.0. The number of benzene rings is 1. The maximum Gasteiger partial charge on any atom is 0.500 e. The summed E-state index contributed by atoms with van der Waals surface area (Å²) >= 11 is 0. The third kappa shape index (κ3) is 3.34. The summed E-state index contributed by atoms with van der Waals surface area (Å²) < 4.78 is 33.9. The smallest absolute Gasteiger partial charge is 0.492 e. The first kappa shape index (κ1) is 16.9. The molecule has 0 saturated heterocycles. The van der Waals surface area contributed by atoms with Crippen LogP contribution in [0.25, 0.3) is 0 Å². The van der Waals surface area contributed by atoms with E-state index in [2.05, 4.69) is 4.72 Å². The monoisotopic (exact) mass is 340 g/mol. The Balaban J connectivity index is 2.36. The van der Waals surface area contributed by atoms with E-state index in [0.717, 1.165) is 15.7 Å². The number of carbonyl (C=O) groups excluding carboxylic acids is 2. The van der Waals surface area contributed by atoms with Gasteiger partial charge in [-0.2, -0.15) is 9.69 Å². The van der Waals surface area contributed by atoms with Gasteiger partial charge in [0, 0.05) is 0 Å². The van der Waals surface area contributed by atoms with E-state index in [9.17, 15) is 18.0 Å². The van der Waals surface area contributed by atoms with Crippen LogP contribution in [0.3, 0.4) is 0 Å². The molecule has 0 aromatic heterocycles. The second-order valence-electron chi connectivity index (χ2n) is 4.94. The summed E-state index contributed by atoms with van der Waals surface area (Å²) in [5.41, 5.74) is 0.234. The molecule has 1 aromatic carbocycles. The SMILES string of the molecule is CCOc1ccccc1NS(=O)(=O)C1C=[N+](C)C(=O)N(C)C1=O. The topological polar surface area (TPSA) is 95.8 Å². The number of para-hydroxylation sites is 2. The number of ether oxygens (including phenoxy) is 1. The number of sulfonamides is 1. The molecule has 0 bridgehead atoms. The lowest BCUT2D eigenvalue weighted by Gasteiger charge is -2.20. The van der Waals surface area contributed by atoms with Gasteiger partial charge in [-0.05, 0) is 19.1 Å². The van der Waals surface area contributed by atoms with Gasteiger partial charge >= 0.3 is 11.9 Å². The molecule has 0 fully saturated rings. The highest BCUT2D eigenvalue weighted by Gasteiger charge is 2.46. The maximum absolute atomic E-state index is 12.5. The van der Waals surface area contributed by atoms with Crippen LogP contribution >= 0.6 is 0 Å². The van der Waals surface area contributed by atoms with Crippen molar-refractivity contribution in [3.05, 3.63) is 24.3 Å². The van der Waals surface area contributed by atoms with Crippen LogP contribution in [0.1, 0.15) is 6.92 Å². The number of anilines is 1. The average Bonchev–Trinajstić information content (AvgIpc) is 2.50. The Morgan fingerprint density at radius 2 is 1.96 bits per heavy atom. The van der Waals surface area contributed by atoms with Gasteiger partial charge in [-0.3, -0.25) is 4.72 Å². The molecular formula is C14H18N3O5S+. The summed E-state index contributed by atoms with van der Waals surface area (Å²) in [6.45, 7) is 2.15. The van der Waals surface area contributed by atoms with Gasteiger partial charge in [-0.1, -0.05) is 12.1 Å². The number of nitrogens with zero attached hydrogens (tertiary/aromatic N) is 2. The molecule has 9 heteroatoms. The van der Waals surface area contributed by atoms with E-state index < -0.39 is 27.2 Å². The largest absolute Gasteiger partial charge is 0.500 e. The van der Waals surface area contributed by atoms with Crippen LogP contribution in [-0.4, -0.2) is 62.0 Å². The van der Waals surface area contributed by atoms with Crippen molar-refractivity contribution in [2.24, 2.45) is 0 Å². The molecule has 3 amide bonds. The van der Waals surface area contributed by atoms with Crippen molar-refractivity contribution in [1.29, 1.82) is 0 Å². The first-order valence-electron chi connectivity index (χ1n) is 6.90. The van der Waals surface area contributed by atoms with Gasteiger partial charge in [0.15, 0.2) is 0 Å². The van der Waals surface area contributed by atoms with Gasteiger partial charge in [0.05, 0.1) is 26.4 Å². The van der Waals surface area contributed by atoms with Gasteiger partial charge in [-0.25, -0.2) is 17.8 Å². The minimum Gasteiger partial charge on any atom is -0.492 e. The average molecular weight is 340 g/mol. The molecular weight excluding hydrogens is 322 g/mol. The van der Waals surface area contributed by atoms with Crippen molar-refractivity contribution in [3.8, 4) is 5.75 Å². The third-order valence-corrected chi connectivity index (χ3v) is 4.79. The van der Waals surface area contributed by atoms with Crippen LogP contribution in [0.2, 0.25) is 0 Å². The van der Waals surface area contributed by atoms with Crippen molar-refractivity contribution < 1.29 is 27.3 Å². The van der Waals surface area contributed by atoms with Crippen molar-refractivity contribution in [3.63, 3.8) is 0 Å². The van der Waals surface area contributed by atoms with Crippen LogP contribution in [0.5, 0.6) is 5.75 Å². The second kappa shape index (κ2) is 6.37. The zero-order valence-corrected chi connectivity index (χ0v) is 13.8. The van der Waals surface area contributed by atoms with E-state index >= 15 is 0 Å². The van der Waals surface area contributed by atoms with E-state index in [1.165, 1.54) is 20.2 Å². The quantitative estimate of drug-likeness (QED) is 0.788. The fraction of sp³-hybridized carbons (Fsp3) is 0.357. The van der Waals surface area contributed by atoms with E-state index in [1.807, 2.05) is 0 Å². The van der Waals surface area contributed by atoms with Crippen molar-refractivity contribution in [1.82, 2.24) is 4.90 Å². The van der Waals surface area contributed by atoms with E-state index in [-0.39, 0.29) is 5.69 Å². The number of hydrogen-bond acceptors (Lipinski definition) is 5. The summed E-state index contributed by atoms with van der Waals surface area (Å²) in [5, 5.41) is -1.50. The Labute approximate surface area is 134 Å². The Morgan fingerprint density at radius 1 is 1.30 bits per heavy atom. The fourth-order valence-electron chi connectivity index (χ4n) is 2.11. The first-order valence-corrected chi connectivity index (χ1v) is 8.45. The lowest BCUT2D eigenvalue weighted by Crippen LogP contribution is -2.54. The minimum atomic E-state index is -4.09. The highest BCUT2D eigenvalue weighted by Crippen LogP contribution is 2.26. The van der Waals surface area contributed by atoms with E-state index in [0.29, 0.717) is 12.4 Å². The number of amides is 3. The highest BCUT2D eigenvalue weighted by molar-refractivity contribution is 7.94. The predicted molar refractivity (Wildman–Crippen MR) is 84.4 cm³/mol. The molecule has 1 heterocycles. The van der Waals surface area contributed by atoms with Crippen LogP contribution in [0, 0.1) is 0 Å². The molecule has 1 atom stereocenters. The molecule has 0 saturated carbocycles. The van der Waals surface area contributed by atoms with Crippen LogP contribution in [0.15, 0.2) is 24.3 Å². The molecule has 1 aromatic rings. The molecule has 1 aliphatic rings. The second-order valence-corrected chi connectivity index (χ2v) is 6.74. The molecule has 1 aliphatic heterocycles. The lowest BCUT2D eigenvalue weighted by molar-refractivity contribution is -0.399. The van der Waals surface area contributed by atoms with Crippen LogP contribution in [0.4, 0.5) is 10.5 Å². The molecule has 8 nitrogen and oxygen atoms in total.